The number of hydrogen-bond donors (Lipinski definition) is 0. The number of hydrogen-bond acceptors (Lipinski definition) is 8. The summed E-state index contributed by atoms with van der Waals surface area (Å²) in [5.74, 6) is 0. The van der Waals surface area contributed by atoms with Crippen LogP contribution in [-0.4, -0.2) is 128 Å². The summed E-state index contributed by atoms with van der Waals surface area (Å²) < 4.78 is 34.6. The molecule has 0 unspecified atom stereocenters. The van der Waals surface area contributed by atoms with Crippen LogP contribution in [0.4, 0.5) is 0 Å². The van der Waals surface area contributed by atoms with Crippen molar-refractivity contribution < 1.29 is 28.4 Å². The number of fused-ring (bicyclic) bond motifs is 9. The van der Waals surface area contributed by atoms with Crippen molar-refractivity contribution in [1.29, 1.82) is 0 Å². The number of rotatable bonds is 0. The Hall–Kier alpha value is -0.320. The maximum atomic E-state index is 5.78. The van der Waals surface area contributed by atoms with Crippen LogP contribution in [0, 0.1) is 0 Å². The maximum absolute atomic E-state index is 5.78. The third-order valence-electron chi connectivity index (χ3n) is 4.84. The van der Waals surface area contributed by atoms with Crippen molar-refractivity contribution in [2.75, 3.05) is 119 Å². The van der Waals surface area contributed by atoms with Gasteiger partial charge in [-0.15, -0.1) is 0 Å². The summed E-state index contributed by atoms with van der Waals surface area (Å²) in [5.41, 5.74) is 0. The predicted octanol–water partition coefficient (Wildman–Crippen LogP) is 0.497. The summed E-state index contributed by atoms with van der Waals surface area (Å²) in [5, 5.41) is 0. The molecule has 2 rings (SSSR count). The largest absolute Gasteiger partial charge is 0.380 e. The normalized spacial score (nSPS) is 30.0. The molecular weight excluding hydrogens is 364 g/mol. The molecule has 2 heterocycles. The summed E-state index contributed by atoms with van der Waals surface area (Å²) in [6.45, 7) is 13.9. The molecule has 0 atom stereocenters. The molecule has 2 fully saturated rings. The third-order valence-corrected chi connectivity index (χ3v) is 4.84. The lowest BCUT2D eigenvalue weighted by Gasteiger charge is -2.22. The molecule has 2 aliphatic heterocycles. The first kappa shape index (κ1) is 24.0. The maximum Gasteiger partial charge on any atom is 0.0701 e. The summed E-state index contributed by atoms with van der Waals surface area (Å²) in [6.07, 6.45) is 1.86. The van der Waals surface area contributed by atoms with E-state index in [1.54, 1.807) is 0 Å². The van der Waals surface area contributed by atoms with E-state index in [1.165, 1.54) is 0 Å². The Labute approximate surface area is 170 Å². The summed E-state index contributed by atoms with van der Waals surface area (Å²) in [7, 11) is 0. The van der Waals surface area contributed by atoms with Gasteiger partial charge in [-0.05, 0) is 12.8 Å². The van der Waals surface area contributed by atoms with Crippen LogP contribution >= 0.6 is 0 Å². The van der Waals surface area contributed by atoms with Crippen molar-refractivity contribution in [3.8, 4) is 0 Å². The molecule has 0 aromatic carbocycles. The average Bonchev–Trinajstić information content (AvgIpc) is 2.70. The molecule has 0 amide bonds. The van der Waals surface area contributed by atoms with Crippen LogP contribution in [-0.2, 0) is 28.4 Å². The smallest absolute Gasteiger partial charge is 0.0701 e. The minimum atomic E-state index is 0.632. The highest BCUT2D eigenvalue weighted by Gasteiger charge is 2.08. The van der Waals surface area contributed by atoms with E-state index >= 15 is 0 Å². The Morgan fingerprint density at radius 2 is 0.536 bits per heavy atom. The van der Waals surface area contributed by atoms with Gasteiger partial charge in [0.25, 0.3) is 0 Å². The fraction of sp³-hybridized carbons (Fsp3) is 1.00. The molecule has 2 saturated heterocycles. The highest BCUT2D eigenvalue weighted by Crippen LogP contribution is 1.97. The van der Waals surface area contributed by atoms with E-state index < -0.39 is 0 Å². The van der Waals surface area contributed by atoms with Gasteiger partial charge in [-0.1, -0.05) is 0 Å². The van der Waals surface area contributed by atoms with Crippen LogP contribution in [0.3, 0.4) is 0 Å². The molecule has 2 aliphatic rings. The second-order valence-corrected chi connectivity index (χ2v) is 7.06. The van der Waals surface area contributed by atoms with E-state index in [0.717, 1.165) is 105 Å². The molecule has 0 aromatic heterocycles. The zero-order chi connectivity index (χ0) is 19.5. The highest BCUT2D eigenvalue weighted by atomic mass is 16.5. The van der Waals surface area contributed by atoms with Gasteiger partial charge >= 0.3 is 0 Å². The molecular formula is C20H40N2O6. The number of nitrogens with zero attached hydrogens (tertiary/aromatic N) is 2. The van der Waals surface area contributed by atoms with E-state index in [-0.39, 0.29) is 0 Å². The van der Waals surface area contributed by atoms with E-state index in [1.807, 2.05) is 0 Å². The molecule has 0 N–H and O–H groups in total. The van der Waals surface area contributed by atoms with Crippen LogP contribution in [0.1, 0.15) is 12.8 Å². The Morgan fingerprint density at radius 3 is 0.821 bits per heavy atom. The highest BCUT2D eigenvalue weighted by molar-refractivity contribution is 4.59. The number of ether oxygens (including phenoxy) is 6. The lowest BCUT2D eigenvalue weighted by atomic mass is 10.4. The van der Waals surface area contributed by atoms with Crippen molar-refractivity contribution >= 4 is 0 Å². The predicted molar refractivity (Wildman–Crippen MR) is 107 cm³/mol. The van der Waals surface area contributed by atoms with Crippen LogP contribution < -0.4 is 0 Å². The third kappa shape index (κ3) is 13.0. The van der Waals surface area contributed by atoms with Crippen molar-refractivity contribution in [2.45, 2.75) is 12.8 Å². The first-order chi connectivity index (χ1) is 13.9. The average molecular weight is 405 g/mol. The molecule has 0 aliphatic carbocycles. The van der Waals surface area contributed by atoms with Crippen molar-refractivity contribution in [3.05, 3.63) is 0 Å². The molecule has 2 bridgehead atoms. The first-order valence-electron chi connectivity index (χ1n) is 10.9. The Bertz CT molecular complexity index is 299. The van der Waals surface area contributed by atoms with Gasteiger partial charge in [0.15, 0.2) is 0 Å². The minimum absolute atomic E-state index is 0.632. The lowest BCUT2D eigenvalue weighted by molar-refractivity contribution is 0.0219. The molecule has 8 heteroatoms. The second-order valence-electron chi connectivity index (χ2n) is 7.06. The van der Waals surface area contributed by atoms with E-state index in [9.17, 15) is 0 Å². The molecule has 8 nitrogen and oxygen atoms in total. The monoisotopic (exact) mass is 404 g/mol. The van der Waals surface area contributed by atoms with Gasteiger partial charge in [0.1, 0.15) is 0 Å². The Morgan fingerprint density at radius 1 is 0.286 bits per heavy atom. The zero-order valence-corrected chi connectivity index (χ0v) is 17.5. The van der Waals surface area contributed by atoms with E-state index in [0.29, 0.717) is 26.4 Å². The summed E-state index contributed by atoms with van der Waals surface area (Å²) in [6, 6.07) is 0. The van der Waals surface area contributed by atoms with E-state index in [2.05, 4.69) is 9.80 Å². The summed E-state index contributed by atoms with van der Waals surface area (Å²) >= 11 is 0. The first-order valence-corrected chi connectivity index (χ1v) is 10.9. The standard InChI is InChI=1S/C20H40N2O6/c1-9-23-13-3-21-5-15-25-11-2-12-26-16-6-22(4-14-24-10-1)8-18-28-20-19-27-17-7-21/h1-20H2. The van der Waals surface area contributed by atoms with Crippen LogP contribution in [0.2, 0.25) is 0 Å². The molecule has 166 valence electrons. The fourth-order valence-corrected chi connectivity index (χ4v) is 3.09. The minimum Gasteiger partial charge on any atom is -0.380 e. The molecule has 0 aromatic rings. The fourth-order valence-electron chi connectivity index (χ4n) is 3.09. The topological polar surface area (TPSA) is 61.9 Å². The van der Waals surface area contributed by atoms with Gasteiger partial charge in [-0.2, -0.15) is 0 Å². The molecule has 28 heavy (non-hydrogen) atoms. The Balaban J connectivity index is 1.87. The van der Waals surface area contributed by atoms with Gasteiger partial charge in [-0.25, -0.2) is 0 Å². The van der Waals surface area contributed by atoms with Gasteiger partial charge in [0.05, 0.1) is 52.9 Å². The van der Waals surface area contributed by atoms with Gasteiger partial charge in [0.2, 0.25) is 0 Å². The quantitative estimate of drug-likeness (QED) is 0.541. The Kier molecular flexibility index (Phi) is 15.0. The van der Waals surface area contributed by atoms with Crippen LogP contribution in [0.15, 0.2) is 0 Å². The van der Waals surface area contributed by atoms with Crippen molar-refractivity contribution in [2.24, 2.45) is 0 Å². The van der Waals surface area contributed by atoms with Crippen molar-refractivity contribution in [3.63, 3.8) is 0 Å². The van der Waals surface area contributed by atoms with Gasteiger partial charge in [0, 0.05) is 65.7 Å². The van der Waals surface area contributed by atoms with Crippen LogP contribution in [0.5, 0.6) is 0 Å². The van der Waals surface area contributed by atoms with Crippen LogP contribution in [0.25, 0.3) is 0 Å². The molecule has 0 radical (unpaired) electrons. The van der Waals surface area contributed by atoms with E-state index in [4.69, 9.17) is 28.4 Å². The SMILES string of the molecule is C1COCCN2CCOCCCOCCN(CCOC1)CCOCCOCC2. The van der Waals surface area contributed by atoms with Gasteiger partial charge in [-0.3, -0.25) is 9.80 Å². The molecule has 0 spiro atoms. The summed E-state index contributed by atoms with van der Waals surface area (Å²) in [4.78, 5) is 4.68. The zero-order valence-electron chi connectivity index (χ0n) is 17.5. The van der Waals surface area contributed by atoms with Gasteiger partial charge < -0.3 is 28.4 Å². The van der Waals surface area contributed by atoms with Crippen molar-refractivity contribution in [1.82, 2.24) is 9.80 Å². The lowest BCUT2D eigenvalue weighted by Crippen LogP contribution is -2.34. The second kappa shape index (κ2) is 17.5. The molecule has 0 saturated carbocycles.